The highest BCUT2D eigenvalue weighted by molar-refractivity contribution is 9.10. The number of hydrogen-bond acceptors (Lipinski definition) is 4. The third-order valence-corrected chi connectivity index (χ3v) is 3.27. The van der Waals surface area contributed by atoms with Crippen LogP contribution in [-0.2, 0) is 4.74 Å². The molecule has 0 spiro atoms. The molecule has 0 saturated heterocycles. The van der Waals surface area contributed by atoms with E-state index in [-0.39, 0.29) is 0 Å². The summed E-state index contributed by atoms with van der Waals surface area (Å²) < 4.78 is 10.5. The maximum absolute atomic E-state index is 11.5. The number of fused-ring (bicyclic) bond motifs is 1. The molecule has 0 aliphatic carbocycles. The monoisotopic (exact) mass is 295 g/mol. The zero-order valence-electron chi connectivity index (χ0n) is 9.36. The fraction of sp³-hybridized carbons (Fsp3) is 0.167. The van der Waals surface area contributed by atoms with Gasteiger partial charge >= 0.3 is 5.97 Å². The molecular weight excluding hydrogens is 286 g/mol. The van der Waals surface area contributed by atoms with Crippen LogP contribution in [0.5, 0.6) is 5.75 Å². The molecule has 2 rings (SSSR count). The SMILES string of the molecule is COC(=O)c1cnc2ccc(OC)cc2c1Br. The summed E-state index contributed by atoms with van der Waals surface area (Å²) in [6.45, 7) is 0. The molecule has 0 N–H and O–H groups in total. The van der Waals surface area contributed by atoms with Crippen molar-refractivity contribution in [3.8, 4) is 5.75 Å². The topological polar surface area (TPSA) is 48.4 Å². The molecule has 88 valence electrons. The number of hydrogen-bond donors (Lipinski definition) is 0. The highest BCUT2D eigenvalue weighted by atomic mass is 79.9. The largest absolute Gasteiger partial charge is 0.497 e. The highest BCUT2D eigenvalue weighted by Crippen LogP contribution is 2.29. The predicted octanol–water partition coefficient (Wildman–Crippen LogP) is 2.79. The smallest absolute Gasteiger partial charge is 0.340 e. The van der Waals surface area contributed by atoms with Gasteiger partial charge in [0.15, 0.2) is 0 Å². The molecule has 0 unspecified atom stereocenters. The van der Waals surface area contributed by atoms with E-state index in [0.717, 1.165) is 10.9 Å². The number of aromatic nitrogens is 1. The van der Waals surface area contributed by atoms with Gasteiger partial charge in [-0.1, -0.05) is 0 Å². The molecule has 5 heteroatoms. The van der Waals surface area contributed by atoms with Crippen molar-refractivity contribution >= 4 is 32.8 Å². The number of ether oxygens (including phenoxy) is 2. The Bertz CT molecular complexity index is 583. The Morgan fingerprint density at radius 3 is 2.76 bits per heavy atom. The standard InChI is InChI=1S/C12H10BrNO3/c1-16-7-3-4-10-8(5-7)11(13)9(6-14-10)12(15)17-2/h3-6H,1-2H3. The lowest BCUT2D eigenvalue weighted by atomic mass is 10.1. The summed E-state index contributed by atoms with van der Waals surface area (Å²) in [6.07, 6.45) is 1.49. The number of carbonyl (C=O) groups is 1. The van der Waals surface area contributed by atoms with Crippen LogP contribution in [0, 0.1) is 0 Å². The fourth-order valence-electron chi connectivity index (χ4n) is 1.52. The molecule has 0 radical (unpaired) electrons. The molecule has 0 atom stereocenters. The average Bonchev–Trinajstić information content (AvgIpc) is 2.38. The van der Waals surface area contributed by atoms with E-state index in [1.54, 1.807) is 7.11 Å². The lowest BCUT2D eigenvalue weighted by Gasteiger charge is -2.07. The van der Waals surface area contributed by atoms with Gasteiger partial charge in [-0.2, -0.15) is 0 Å². The number of methoxy groups -OCH3 is 2. The average molecular weight is 296 g/mol. The first-order chi connectivity index (χ1) is 8.17. The zero-order valence-corrected chi connectivity index (χ0v) is 10.9. The van der Waals surface area contributed by atoms with Gasteiger partial charge in [-0.25, -0.2) is 4.79 Å². The molecule has 1 aromatic heterocycles. The second-order valence-corrected chi connectivity index (χ2v) is 4.15. The van der Waals surface area contributed by atoms with Crippen molar-refractivity contribution < 1.29 is 14.3 Å². The first kappa shape index (κ1) is 11.9. The van der Waals surface area contributed by atoms with E-state index in [1.165, 1.54) is 13.3 Å². The Morgan fingerprint density at radius 2 is 2.12 bits per heavy atom. The van der Waals surface area contributed by atoms with Gasteiger partial charge in [0.25, 0.3) is 0 Å². The van der Waals surface area contributed by atoms with Crippen LogP contribution in [0.15, 0.2) is 28.9 Å². The molecule has 17 heavy (non-hydrogen) atoms. The molecule has 2 aromatic rings. The molecule has 4 nitrogen and oxygen atoms in total. The minimum Gasteiger partial charge on any atom is -0.497 e. The summed E-state index contributed by atoms with van der Waals surface area (Å²) >= 11 is 3.39. The highest BCUT2D eigenvalue weighted by Gasteiger charge is 2.14. The van der Waals surface area contributed by atoms with Gasteiger partial charge in [0.1, 0.15) is 5.75 Å². The van der Waals surface area contributed by atoms with Crippen molar-refractivity contribution in [3.63, 3.8) is 0 Å². The predicted molar refractivity (Wildman–Crippen MR) is 67.3 cm³/mol. The molecule has 1 heterocycles. The van der Waals surface area contributed by atoms with E-state index in [2.05, 4.69) is 25.7 Å². The molecule has 0 fully saturated rings. The number of halogens is 1. The minimum absolute atomic E-state index is 0.397. The van der Waals surface area contributed by atoms with Gasteiger partial charge in [-0.15, -0.1) is 0 Å². The molecule has 0 aliphatic heterocycles. The van der Waals surface area contributed by atoms with E-state index in [4.69, 9.17) is 4.74 Å². The van der Waals surface area contributed by atoms with Gasteiger partial charge in [0, 0.05) is 16.1 Å². The van der Waals surface area contributed by atoms with E-state index in [9.17, 15) is 4.79 Å². The maximum atomic E-state index is 11.5. The minimum atomic E-state index is -0.422. The van der Waals surface area contributed by atoms with Crippen LogP contribution in [0.4, 0.5) is 0 Å². The van der Waals surface area contributed by atoms with Crippen molar-refractivity contribution in [1.82, 2.24) is 4.98 Å². The van der Waals surface area contributed by atoms with E-state index >= 15 is 0 Å². The first-order valence-electron chi connectivity index (χ1n) is 4.88. The molecular formula is C12H10BrNO3. The van der Waals surface area contributed by atoms with Crippen molar-refractivity contribution in [2.75, 3.05) is 14.2 Å². The summed E-state index contributed by atoms with van der Waals surface area (Å²) in [6, 6.07) is 5.47. The Morgan fingerprint density at radius 1 is 1.35 bits per heavy atom. The summed E-state index contributed by atoms with van der Waals surface area (Å²) in [4.78, 5) is 15.7. The van der Waals surface area contributed by atoms with Crippen molar-refractivity contribution in [1.29, 1.82) is 0 Å². The van der Waals surface area contributed by atoms with E-state index in [0.29, 0.717) is 15.8 Å². The van der Waals surface area contributed by atoms with Gasteiger partial charge in [0.2, 0.25) is 0 Å². The molecule has 0 bridgehead atoms. The Kier molecular flexibility index (Phi) is 3.28. The summed E-state index contributed by atoms with van der Waals surface area (Å²) in [5, 5.41) is 0.812. The first-order valence-corrected chi connectivity index (χ1v) is 5.67. The maximum Gasteiger partial charge on any atom is 0.340 e. The van der Waals surface area contributed by atoms with Gasteiger partial charge in [-0.05, 0) is 34.1 Å². The molecule has 0 amide bonds. The van der Waals surface area contributed by atoms with Crippen molar-refractivity contribution in [2.45, 2.75) is 0 Å². The van der Waals surface area contributed by atoms with E-state index < -0.39 is 5.97 Å². The Hall–Kier alpha value is -1.62. The summed E-state index contributed by atoms with van der Waals surface area (Å²) in [7, 11) is 2.93. The van der Waals surface area contributed by atoms with Crippen LogP contribution in [0.1, 0.15) is 10.4 Å². The van der Waals surface area contributed by atoms with Crippen LogP contribution in [0.25, 0.3) is 10.9 Å². The van der Waals surface area contributed by atoms with Crippen LogP contribution < -0.4 is 4.74 Å². The number of pyridine rings is 1. The van der Waals surface area contributed by atoms with Crippen molar-refractivity contribution in [3.05, 3.63) is 34.4 Å². The third kappa shape index (κ3) is 2.10. The lowest BCUT2D eigenvalue weighted by Crippen LogP contribution is -2.03. The van der Waals surface area contributed by atoms with Gasteiger partial charge < -0.3 is 9.47 Å². The number of carbonyl (C=O) groups excluding carboxylic acids is 1. The van der Waals surface area contributed by atoms with Crippen LogP contribution >= 0.6 is 15.9 Å². The van der Waals surface area contributed by atoms with Crippen LogP contribution in [0.2, 0.25) is 0 Å². The lowest BCUT2D eigenvalue weighted by molar-refractivity contribution is 0.0599. The normalized spacial score (nSPS) is 10.3. The number of benzene rings is 1. The second kappa shape index (κ2) is 4.71. The van der Waals surface area contributed by atoms with Gasteiger partial charge in [0.05, 0.1) is 25.3 Å². The Labute approximate surface area is 107 Å². The zero-order chi connectivity index (χ0) is 12.4. The molecule has 1 aromatic carbocycles. The fourth-order valence-corrected chi connectivity index (χ4v) is 2.10. The van der Waals surface area contributed by atoms with Crippen LogP contribution in [-0.4, -0.2) is 25.2 Å². The van der Waals surface area contributed by atoms with Gasteiger partial charge in [-0.3, -0.25) is 4.98 Å². The van der Waals surface area contributed by atoms with E-state index in [1.807, 2.05) is 18.2 Å². The second-order valence-electron chi connectivity index (χ2n) is 3.36. The molecule has 0 saturated carbocycles. The number of esters is 1. The quantitative estimate of drug-likeness (QED) is 0.800. The molecule has 0 aliphatic rings. The summed E-state index contributed by atoms with van der Waals surface area (Å²) in [5.41, 5.74) is 1.18. The summed E-state index contributed by atoms with van der Waals surface area (Å²) in [5.74, 6) is 0.288. The number of nitrogens with zero attached hydrogens (tertiary/aromatic N) is 1. The van der Waals surface area contributed by atoms with Crippen molar-refractivity contribution in [2.24, 2.45) is 0 Å². The third-order valence-electron chi connectivity index (χ3n) is 2.41. The Balaban J connectivity index is 2.68. The van der Waals surface area contributed by atoms with Crippen LogP contribution in [0.3, 0.4) is 0 Å². The number of rotatable bonds is 2.